The lowest BCUT2D eigenvalue weighted by Crippen LogP contribution is -3.13. The van der Waals surface area contributed by atoms with E-state index in [4.69, 9.17) is 13.9 Å². The quantitative estimate of drug-likeness (QED) is 0.698. The third kappa shape index (κ3) is 4.21. The number of aryl methyl sites for hydroxylation is 1. The first-order valence-electron chi connectivity index (χ1n) is 9.00. The number of hydrogen-bond donors (Lipinski definition) is 1. The molecule has 1 aromatic heterocycles. The number of ether oxygens (including phenoxy) is 2. The predicted molar refractivity (Wildman–Crippen MR) is 101 cm³/mol. The van der Waals surface area contributed by atoms with Gasteiger partial charge in [-0.2, -0.15) is 4.31 Å². The first-order valence-corrected chi connectivity index (χ1v) is 10.4. The maximum absolute atomic E-state index is 12.8. The minimum absolute atomic E-state index is 0.265. The average molecular weight is 409 g/mol. The molecule has 1 aliphatic rings. The van der Waals surface area contributed by atoms with E-state index in [-0.39, 0.29) is 4.90 Å². The zero-order valence-corrected chi connectivity index (χ0v) is 17.0. The Bertz CT molecular complexity index is 928. The van der Waals surface area contributed by atoms with Crippen molar-refractivity contribution in [2.24, 2.45) is 0 Å². The Hall–Kier alpha value is -2.36. The Morgan fingerprint density at radius 1 is 1.18 bits per heavy atom. The number of carbonyl (C=O) groups is 1. The normalized spacial score (nSPS) is 16.1. The number of carbonyl (C=O) groups excluding carboxylic acids is 1. The van der Waals surface area contributed by atoms with Gasteiger partial charge in [0.1, 0.15) is 23.6 Å². The van der Waals surface area contributed by atoms with Gasteiger partial charge in [-0.25, -0.2) is 13.2 Å². The van der Waals surface area contributed by atoms with E-state index >= 15 is 0 Å². The molecular weight excluding hydrogens is 384 g/mol. The van der Waals surface area contributed by atoms with Crippen LogP contribution in [-0.2, 0) is 21.3 Å². The number of quaternary nitrogens is 1. The summed E-state index contributed by atoms with van der Waals surface area (Å²) in [5, 5.41) is 0. The lowest BCUT2D eigenvalue weighted by Gasteiger charge is -2.31. The van der Waals surface area contributed by atoms with Crippen LogP contribution in [0.4, 0.5) is 0 Å². The predicted octanol–water partition coefficient (Wildman–Crippen LogP) is 0.473. The van der Waals surface area contributed by atoms with Crippen LogP contribution in [0.15, 0.2) is 39.6 Å². The summed E-state index contributed by atoms with van der Waals surface area (Å²) in [7, 11) is -0.643. The first kappa shape index (κ1) is 20.4. The number of benzene rings is 1. The summed E-state index contributed by atoms with van der Waals surface area (Å²) in [5.41, 5.74) is 0.428. The SMILES string of the molecule is COC(=O)c1cc(C[NH+]2CCN(S(=O)(=O)c3ccc(OC)cc3)CC2)oc1C. The number of nitrogens with one attached hydrogen (secondary N) is 1. The number of sulfonamides is 1. The highest BCUT2D eigenvalue weighted by atomic mass is 32.2. The van der Waals surface area contributed by atoms with E-state index < -0.39 is 16.0 Å². The molecule has 2 heterocycles. The lowest BCUT2D eigenvalue weighted by atomic mass is 10.2. The second-order valence-electron chi connectivity index (χ2n) is 6.68. The third-order valence-corrected chi connectivity index (χ3v) is 6.84. The molecule has 1 saturated heterocycles. The average Bonchev–Trinajstić information content (AvgIpc) is 3.07. The van der Waals surface area contributed by atoms with Gasteiger partial charge >= 0.3 is 5.97 Å². The minimum Gasteiger partial charge on any atom is -0.497 e. The van der Waals surface area contributed by atoms with E-state index in [1.165, 1.54) is 16.3 Å². The molecule has 8 nitrogen and oxygen atoms in total. The van der Waals surface area contributed by atoms with Crippen molar-refractivity contribution in [3.05, 3.63) is 47.4 Å². The van der Waals surface area contributed by atoms with E-state index in [1.54, 1.807) is 44.4 Å². The van der Waals surface area contributed by atoms with E-state index in [2.05, 4.69) is 0 Å². The summed E-state index contributed by atoms with van der Waals surface area (Å²) in [6.07, 6.45) is 0. The van der Waals surface area contributed by atoms with Crippen molar-refractivity contribution in [3.63, 3.8) is 0 Å². The van der Waals surface area contributed by atoms with E-state index in [1.807, 2.05) is 0 Å². The molecule has 28 heavy (non-hydrogen) atoms. The molecule has 0 spiro atoms. The molecule has 2 aromatic rings. The molecule has 0 aliphatic carbocycles. The van der Waals surface area contributed by atoms with Gasteiger partial charge < -0.3 is 18.8 Å². The fraction of sp³-hybridized carbons (Fsp3) is 0.421. The van der Waals surface area contributed by atoms with E-state index in [0.29, 0.717) is 55.6 Å². The number of piperazine rings is 1. The van der Waals surface area contributed by atoms with Crippen LogP contribution in [0.1, 0.15) is 21.9 Å². The number of hydrogen-bond acceptors (Lipinski definition) is 6. The molecule has 0 saturated carbocycles. The molecule has 0 radical (unpaired) electrons. The van der Waals surface area contributed by atoms with Gasteiger partial charge in [-0.05, 0) is 31.2 Å². The zero-order valence-electron chi connectivity index (χ0n) is 16.2. The van der Waals surface area contributed by atoms with Gasteiger partial charge in [0.25, 0.3) is 0 Å². The fourth-order valence-electron chi connectivity index (χ4n) is 3.31. The van der Waals surface area contributed by atoms with Gasteiger partial charge in [0.2, 0.25) is 10.0 Å². The second kappa shape index (κ2) is 8.34. The molecule has 0 amide bonds. The van der Waals surface area contributed by atoms with Crippen LogP contribution in [0.5, 0.6) is 5.75 Å². The first-order chi connectivity index (χ1) is 13.3. The monoisotopic (exact) mass is 409 g/mol. The van der Waals surface area contributed by atoms with Crippen molar-refractivity contribution < 1.29 is 32.0 Å². The van der Waals surface area contributed by atoms with Crippen LogP contribution in [0.25, 0.3) is 0 Å². The Morgan fingerprint density at radius 3 is 2.39 bits per heavy atom. The maximum Gasteiger partial charge on any atom is 0.341 e. The Kier molecular flexibility index (Phi) is 6.07. The lowest BCUT2D eigenvalue weighted by molar-refractivity contribution is -0.918. The van der Waals surface area contributed by atoms with Gasteiger partial charge in [0.05, 0.1) is 45.3 Å². The number of nitrogens with zero attached hydrogens (tertiary/aromatic N) is 1. The van der Waals surface area contributed by atoms with Gasteiger partial charge in [-0.3, -0.25) is 0 Å². The molecule has 1 aromatic carbocycles. The standard InChI is InChI=1S/C19H24N2O6S/c1-14-18(19(22)26-3)12-16(27-14)13-20-8-10-21(11-9-20)28(23,24)17-6-4-15(25-2)5-7-17/h4-7,12H,8-11,13H2,1-3H3/p+1. The smallest absolute Gasteiger partial charge is 0.341 e. The molecular formula is C19H25N2O6S+. The molecule has 0 unspecified atom stereocenters. The summed E-state index contributed by atoms with van der Waals surface area (Å²) in [5.74, 6) is 1.42. The van der Waals surface area contributed by atoms with Crippen molar-refractivity contribution >= 4 is 16.0 Å². The molecule has 152 valence electrons. The van der Waals surface area contributed by atoms with Gasteiger partial charge in [0.15, 0.2) is 5.76 Å². The van der Waals surface area contributed by atoms with Gasteiger partial charge in [-0.15, -0.1) is 0 Å². The highest BCUT2D eigenvalue weighted by molar-refractivity contribution is 7.89. The second-order valence-corrected chi connectivity index (χ2v) is 8.62. The van der Waals surface area contributed by atoms with Crippen molar-refractivity contribution in [2.75, 3.05) is 40.4 Å². The van der Waals surface area contributed by atoms with Crippen LogP contribution in [0.2, 0.25) is 0 Å². The number of rotatable bonds is 6. The molecule has 0 bridgehead atoms. The summed E-state index contributed by atoms with van der Waals surface area (Å²) >= 11 is 0. The van der Waals surface area contributed by atoms with Gasteiger partial charge in [0, 0.05) is 6.07 Å². The summed E-state index contributed by atoms with van der Waals surface area (Å²) in [6.45, 7) is 4.48. The van der Waals surface area contributed by atoms with Crippen molar-refractivity contribution in [1.82, 2.24) is 4.31 Å². The van der Waals surface area contributed by atoms with E-state index in [0.717, 1.165) is 0 Å². The molecule has 0 atom stereocenters. The van der Waals surface area contributed by atoms with Crippen molar-refractivity contribution in [2.45, 2.75) is 18.4 Å². The zero-order chi connectivity index (χ0) is 20.3. The molecule has 1 fully saturated rings. The third-order valence-electron chi connectivity index (χ3n) is 4.93. The van der Waals surface area contributed by atoms with Gasteiger partial charge in [-0.1, -0.05) is 0 Å². The maximum atomic E-state index is 12.8. The number of furan rings is 1. The Morgan fingerprint density at radius 2 is 1.82 bits per heavy atom. The topological polar surface area (TPSA) is 90.5 Å². The Balaban J connectivity index is 1.61. The highest BCUT2D eigenvalue weighted by Gasteiger charge is 2.31. The van der Waals surface area contributed by atoms with E-state index in [9.17, 15) is 13.2 Å². The van der Waals surface area contributed by atoms with Crippen LogP contribution >= 0.6 is 0 Å². The minimum atomic E-state index is -3.52. The number of esters is 1. The Labute approximate surface area is 164 Å². The molecule has 1 N–H and O–H groups in total. The molecule has 9 heteroatoms. The van der Waals surface area contributed by atoms with Crippen LogP contribution < -0.4 is 9.64 Å². The largest absolute Gasteiger partial charge is 0.497 e. The molecule has 1 aliphatic heterocycles. The molecule has 3 rings (SSSR count). The van der Waals surface area contributed by atoms with Crippen LogP contribution in [0, 0.1) is 6.92 Å². The highest BCUT2D eigenvalue weighted by Crippen LogP contribution is 2.19. The number of methoxy groups -OCH3 is 2. The summed E-state index contributed by atoms with van der Waals surface area (Å²) in [6, 6.07) is 8.12. The van der Waals surface area contributed by atoms with Crippen molar-refractivity contribution in [1.29, 1.82) is 0 Å². The van der Waals surface area contributed by atoms with Crippen LogP contribution in [-0.4, -0.2) is 59.1 Å². The van der Waals surface area contributed by atoms with Crippen LogP contribution in [0.3, 0.4) is 0 Å². The van der Waals surface area contributed by atoms with Crippen molar-refractivity contribution in [3.8, 4) is 5.75 Å². The fourth-order valence-corrected chi connectivity index (χ4v) is 4.75. The summed E-state index contributed by atoms with van der Waals surface area (Å²) in [4.78, 5) is 13.2. The summed E-state index contributed by atoms with van der Waals surface area (Å²) < 4.78 is 42.6.